The normalized spacial score (nSPS) is 11.4. The van der Waals surface area contributed by atoms with Crippen molar-refractivity contribution >= 4 is 11.8 Å². The van der Waals surface area contributed by atoms with Gasteiger partial charge in [0.05, 0.1) is 5.60 Å². The van der Waals surface area contributed by atoms with Gasteiger partial charge in [-0.2, -0.15) is 0 Å². The lowest BCUT2D eigenvalue weighted by atomic mass is 10.2. The van der Waals surface area contributed by atoms with Crippen molar-refractivity contribution in [3.05, 3.63) is 11.8 Å². The molecule has 1 aromatic rings. The molecule has 14 heavy (non-hydrogen) atoms. The molecule has 0 atom stereocenters. The van der Waals surface area contributed by atoms with Crippen LogP contribution in [0.15, 0.2) is 10.6 Å². The summed E-state index contributed by atoms with van der Waals surface area (Å²) in [5.74, 6) is -0.397. The Hall–Kier alpha value is -1.56. The number of rotatable bonds is 2. The van der Waals surface area contributed by atoms with Gasteiger partial charge in [0.1, 0.15) is 0 Å². The molecule has 0 unspecified atom stereocenters. The van der Waals surface area contributed by atoms with Crippen molar-refractivity contribution in [2.24, 2.45) is 0 Å². The highest BCUT2D eigenvalue weighted by Gasteiger charge is 2.16. The quantitative estimate of drug-likeness (QED) is 0.685. The molecule has 78 valence electrons. The number of nitrogens with two attached hydrogens (primary N) is 1. The van der Waals surface area contributed by atoms with E-state index in [0.29, 0.717) is 0 Å². The molecule has 0 aliphatic heterocycles. The van der Waals surface area contributed by atoms with Gasteiger partial charge in [0, 0.05) is 6.07 Å². The van der Waals surface area contributed by atoms with Gasteiger partial charge < -0.3 is 10.3 Å². The van der Waals surface area contributed by atoms with Crippen LogP contribution in [-0.2, 0) is 4.84 Å². The summed E-state index contributed by atoms with van der Waals surface area (Å²) in [6.07, 6.45) is 0. The Labute approximate surface area is 81.3 Å². The van der Waals surface area contributed by atoms with Crippen LogP contribution in [0.3, 0.4) is 0 Å². The zero-order valence-corrected chi connectivity index (χ0v) is 8.33. The molecule has 0 spiro atoms. The van der Waals surface area contributed by atoms with Crippen molar-refractivity contribution in [3.63, 3.8) is 0 Å². The Morgan fingerprint density at radius 3 is 2.71 bits per heavy atom. The fraction of sp³-hybridized carbons (Fsp3) is 0.500. The first-order valence-corrected chi connectivity index (χ1v) is 4.09. The summed E-state index contributed by atoms with van der Waals surface area (Å²) >= 11 is 0. The van der Waals surface area contributed by atoms with Crippen molar-refractivity contribution in [3.8, 4) is 0 Å². The predicted molar refractivity (Wildman–Crippen MR) is 49.2 cm³/mol. The molecule has 1 amide bonds. The SMILES string of the molecule is CC(C)(C)ONC(=O)c1cc(N)on1. The smallest absolute Gasteiger partial charge is 0.297 e. The Morgan fingerprint density at radius 2 is 2.29 bits per heavy atom. The van der Waals surface area contributed by atoms with E-state index in [4.69, 9.17) is 10.6 Å². The molecular formula is C8H13N3O3. The van der Waals surface area contributed by atoms with E-state index in [2.05, 4.69) is 15.2 Å². The molecule has 6 heteroatoms. The van der Waals surface area contributed by atoms with Gasteiger partial charge in [0.2, 0.25) is 5.88 Å². The van der Waals surface area contributed by atoms with Crippen LogP contribution in [0, 0.1) is 0 Å². The minimum absolute atomic E-state index is 0.0888. The Kier molecular flexibility index (Phi) is 2.76. The van der Waals surface area contributed by atoms with Gasteiger partial charge in [-0.15, -0.1) is 0 Å². The molecule has 0 bridgehead atoms. The van der Waals surface area contributed by atoms with Crippen LogP contribution in [-0.4, -0.2) is 16.7 Å². The number of nitrogens with one attached hydrogen (secondary N) is 1. The van der Waals surface area contributed by atoms with E-state index in [1.807, 2.05) is 20.8 Å². The fourth-order valence-electron chi connectivity index (χ4n) is 0.648. The lowest BCUT2D eigenvalue weighted by Gasteiger charge is -2.18. The number of carbonyl (C=O) groups excluding carboxylic acids is 1. The molecule has 0 aliphatic rings. The van der Waals surface area contributed by atoms with Crippen LogP contribution >= 0.6 is 0 Å². The first-order valence-electron chi connectivity index (χ1n) is 4.09. The molecule has 6 nitrogen and oxygen atoms in total. The molecule has 0 saturated heterocycles. The zero-order chi connectivity index (χ0) is 10.8. The lowest BCUT2D eigenvalue weighted by molar-refractivity contribution is -0.0592. The largest absolute Gasteiger partial charge is 0.368 e. The van der Waals surface area contributed by atoms with E-state index >= 15 is 0 Å². The van der Waals surface area contributed by atoms with Crippen LogP contribution in [0.1, 0.15) is 31.3 Å². The summed E-state index contributed by atoms with van der Waals surface area (Å²) < 4.78 is 4.53. The van der Waals surface area contributed by atoms with Gasteiger partial charge in [0.15, 0.2) is 5.69 Å². The van der Waals surface area contributed by atoms with E-state index in [9.17, 15) is 4.79 Å². The van der Waals surface area contributed by atoms with Gasteiger partial charge >= 0.3 is 0 Å². The number of amides is 1. The average molecular weight is 199 g/mol. The molecule has 0 aliphatic carbocycles. The second kappa shape index (κ2) is 3.67. The molecule has 1 rings (SSSR count). The maximum atomic E-state index is 11.3. The number of carbonyl (C=O) groups is 1. The maximum Gasteiger partial charge on any atom is 0.297 e. The summed E-state index contributed by atoms with van der Waals surface area (Å²) in [4.78, 5) is 16.3. The van der Waals surface area contributed by atoms with Gasteiger partial charge in [-0.25, -0.2) is 5.48 Å². The minimum atomic E-state index is -0.486. The molecule has 0 aromatic carbocycles. The Morgan fingerprint density at radius 1 is 1.64 bits per heavy atom. The van der Waals surface area contributed by atoms with Crippen LogP contribution in [0.2, 0.25) is 0 Å². The number of nitrogens with zero attached hydrogens (tertiary/aromatic N) is 1. The molecule has 3 N–H and O–H groups in total. The molecule has 0 saturated carbocycles. The lowest BCUT2D eigenvalue weighted by Crippen LogP contribution is -2.33. The van der Waals surface area contributed by atoms with E-state index in [0.717, 1.165) is 0 Å². The monoisotopic (exact) mass is 199 g/mol. The summed E-state index contributed by atoms with van der Waals surface area (Å²) in [5.41, 5.74) is 7.12. The number of aromatic nitrogens is 1. The minimum Gasteiger partial charge on any atom is -0.368 e. The highest BCUT2D eigenvalue weighted by molar-refractivity contribution is 5.91. The molecule has 0 fully saturated rings. The third-order valence-corrected chi connectivity index (χ3v) is 1.21. The Balaban J connectivity index is 2.52. The zero-order valence-electron chi connectivity index (χ0n) is 8.33. The third kappa shape index (κ3) is 3.06. The molecule has 1 aromatic heterocycles. The summed E-state index contributed by atoms with van der Waals surface area (Å²) in [6.45, 7) is 5.43. The second-order valence-corrected chi connectivity index (χ2v) is 3.76. The summed E-state index contributed by atoms with van der Waals surface area (Å²) in [7, 11) is 0. The topological polar surface area (TPSA) is 90.4 Å². The van der Waals surface area contributed by atoms with Crippen LogP contribution in [0.25, 0.3) is 0 Å². The van der Waals surface area contributed by atoms with Crippen molar-refractivity contribution in [2.45, 2.75) is 26.4 Å². The summed E-state index contributed by atoms with van der Waals surface area (Å²) in [6, 6.07) is 1.32. The fourth-order valence-corrected chi connectivity index (χ4v) is 0.648. The maximum absolute atomic E-state index is 11.3. The standard InChI is InChI=1S/C8H13N3O3/c1-8(2,3)14-11-7(12)5-4-6(9)13-10-5/h4H,9H2,1-3H3,(H,11,12). The highest BCUT2D eigenvalue weighted by Crippen LogP contribution is 2.07. The first-order chi connectivity index (χ1) is 6.38. The molecule has 0 radical (unpaired) electrons. The number of hydrogen-bond donors (Lipinski definition) is 2. The van der Waals surface area contributed by atoms with Crippen molar-refractivity contribution in [1.29, 1.82) is 0 Å². The molecule has 1 heterocycles. The first kappa shape index (κ1) is 10.5. The highest BCUT2D eigenvalue weighted by atomic mass is 16.7. The van der Waals surface area contributed by atoms with E-state index < -0.39 is 11.5 Å². The molecular weight excluding hydrogens is 186 g/mol. The van der Waals surface area contributed by atoms with Crippen molar-refractivity contribution in [1.82, 2.24) is 10.6 Å². The van der Waals surface area contributed by atoms with E-state index in [-0.39, 0.29) is 11.6 Å². The van der Waals surface area contributed by atoms with E-state index in [1.54, 1.807) is 0 Å². The van der Waals surface area contributed by atoms with Gasteiger partial charge in [0.25, 0.3) is 5.91 Å². The average Bonchev–Trinajstić information content (AvgIpc) is 2.46. The summed E-state index contributed by atoms with van der Waals surface area (Å²) in [5, 5.41) is 3.42. The third-order valence-electron chi connectivity index (χ3n) is 1.21. The van der Waals surface area contributed by atoms with E-state index in [1.165, 1.54) is 6.07 Å². The predicted octanol–water partition coefficient (Wildman–Crippen LogP) is 0.717. The van der Waals surface area contributed by atoms with Gasteiger partial charge in [-0.1, -0.05) is 5.16 Å². The van der Waals surface area contributed by atoms with Crippen LogP contribution in [0.5, 0.6) is 0 Å². The Bertz CT molecular complexity index is 327. The number of hydrogen-bond acceptors (Lipinski definition) is 5. The second-order valence-electron chi connectivity index (χ2n) is 3.76. The van der Waals surface area contributed by atoms with Crippen LogP contribution in [0.4, 0.5) is 5.88 Å². The van der Waals surface area contributed by atoms with Crippen molar-refractivity contribution < 1.29 is 14.2 Å². The number of anilines is 1. The van der Waals surface area contributed by atoms with Gasteiger partial charge in [-0.05, 0) is 20.8 Å². The van der Waals surface area contributed by atoms with Gasteiger partial charge in [-0.3, -0.25) is 9.63 Å². The van der Waals surface area contributed by atoms with Crippen molar-refractivity contribution in [2.75, 3.05) is 5.73 Å². The number of nitrogen functional groups attached to an aromatic ring is 1. The number of hydroxylamine groups is 1. The van der Waals surface area contributed by atoms with Crippen LogP contribution < -0.4 is 11.2 Å².